The van der Waals surface area contributed by atoms with Gasteiger partial charge in [-0.25, -0.2) is 0 Å². The van der Waals surface area contributed by atoms with E-state index in [0.29, 0.717) is 12.3 Å². The largest absolute Gasteiger partial charge is 0.310 e. The number of aromatic amines is 1. The molecule has 0 bridgehead atoms. The molecular weight excluding hydrogens is 292 g/mol. The zero-order chi connectivity index (χ0) is 14.7. The van der Waals surface area contributed by atoms with Gasteiger partial charge in [0, 0.05) is 17.9 Å². The lowest BCUT2D eigenvalue weighted by atomic mass is 10.2. The first kappa shape index (κ1) is 13.6. The molecule has 0 aliphatic carbocycles. The number of hydrogen-bond acceptors (Lipinski definition) is 6. The van der Waals surface area contributed by atoms with Gasteiger partial charge in [0.2, 0.25) is 11.8 Å². The Morgan fingerprint density at radius 2 is 2.29 bits per heavy atom. The van der Waals surface area contributed by atoms with Gasteiger partial charge < -0.3 is 4.90 Å². The van der Waals surface area contributed by atoms with Crippen LogP contribution in [-0.4, -0.2) is 44.7 Å². The Labute approximate surface area is 124 Å². The van der Waals surface area contributed by atoms with Crippen molar-refractivity contribution in [2.24, 2.45) is 0 Å². The molecule has 2 aromatic rings. The van der Waals surface area contributed by atoms with Crippen molar-refractivity contribution in [2.75, 3.05) is 22.5 Å². The molecule has 0 saturated carbocycles. The summed E-state index contributed by atoms with van der Waals surface area (Å²) in [6, 6.07) is 7.67. The van der Waals surface area contributed by atoms with Crippen molar-refractivity contribution in [3.8, 4) is 0 Å². The summed E-state index contributed by atoms with van der Waals surface area (Å²) in [5, 5.41) is 15.4. The number of hydrogen-bond donors (Lipinski definition) is 2. The number of carbonyl (C=O) groups is 2. The third-order valence-corrected chi connectivity index (χ3v) is 4.01. The molecule has 108 valence electrons. The van der Waals surface area contributed by atoms with Crippen LogP contribution in [0, 0.1) is 0 Å². The minimum Gasteiger partial charge on any atom is -0.310 e. The highest BCUT2D eigenvalue weighted by Gasteiger charge is 2.24. The van der Waals surface area contributed by atoms with Gasteiger partial charge in [-0.15, -0.1) is 16.9 Å². The Morgan fingerprint density at radius 3 is 3.10 bits per heavy atom. The highest BCUT2D eigenvalue weighted by atomic mass is 32.2. The number of tetrazole rings is 1. The van der Waals surface area contributed by atoms with Gasteiger partial charge in [0.25, 0.3) is 5.95 Å². The number of thioether (sulfide) groups is 1. The standard InChI is InChI=1S/C12H12N6O2S/c19-10(13-12-14-16-17-15-12)5-6-18-8-3-1-2-4-9(8)21-7-11(18)20/h1-4H,5-7H2,(H2,13,14,15,16,17,19). The lowest BCUT2D eigenvalue weighted by Crippen LogP contribution is -2.37. The van der Waals surface area contributed by atoms with E-state index in [9.17, 15) is 9.59 Å². The quantitative estimate of drug-likeness (QED) is 0.860. The van der Waals surface area contributed by atoms with Gasteiger partial charge in [-0.3, -0.25) is 14.9 Å². The Morgan fingerprint density at radius 1 is 1.43 bits per heavy atom. The molecule has 1 aromatic carbocycles. The van der Waals surface area contributed by atoms with Gasteiger partial charge in [0.05, 0.1) is 11.4 Å². The minimum absolute atomic E-state index is 0.00561. The summed E-state index contributed by atoms with van der Waals surface area (Å²) < 4.78 is 0. The van der Waals surface area contributed by atoms with Gasteiger partial charge in [-0.05, 0) is 17.3 Å². The van der Waals surface area contributed by atoms with E-state index in [1.54, 1.807) is 4.90 Å². The fraction of sp³-hybridized carbons (Fsp3) is 0.250. The number of carbonyl (C=O) groups excluding carboxylic acids is 2. The number of H-pyrrole nitrogens is 1. The molecule has 0 radical (unpaired) electrons. The Balaban J connectivity index is 1.64. The molecule has 0 atom stereocenters. The molecule has 1 aliphatic rings. The van der Waals surface area contributed by atoms with Crippen molar-refractivity contribution in [1.29, 1.82) is 0 Å². The highest BCUT2D eigenvalue weighted by molar-refractivity contribution is 8.00. The first-order chi connectivity index (χ1) is 10.2. The highest BCUT2D eigenvalue weighted by Crippen LogP contribution is 2.34. The van der Waals surface area contributed by atoms with Crippen LogP contribution in [0.15, 0.2) is 29.2 Å². The smallest absolute Gasteiger partial charge is 0.269 e. The average Bonchev–Trinajstić information content (AvgIpc) is 2.99. The Bertz CT molecular complexity index is 660. The van der Waals surface area contributed by atoms with E-state index in [1.165, 1.54) is 11.8 Å². The van der Waals surface area contributed by atoms with Crippen LogP contribution >= 0.6 is 11.8 Å². The van der Waals surface area contributed by atoms with Crippen molar-refractivity contribution < 1.29 is 9.59 Å². The molecule has 0 saturated heterocycles. The summed E-state index contributed by atoms with van der Waals surface area (Å²) >= 11 is 1.51. The number of anilines is 2. The van der Waals surface area contributed by atoms with Gasteiger partial charge in [-0.2, -0.15) is 5.21 Å². The molecule has 9 heteroatoms. The summed E-state index contributed by atoms with van der Waals surface area (Å²) in [7, 11) is 0. The fourth-order valence-electron chi connectivity index (χ4n) is 2.01. The number of nitrogens with one attached hydrogen (secondary N) is 2. The number of benzene rings is 1. The normalized spacial score (nSPS) is 13.9. The second-order valence-corrected chi connectivity index (χ2v) is 5.35. The maximum atomic E-state index is 12.0. The number of aromatic nitrogens is 4. The van der Waals surface area contributed by atoms with Gasteiger partial charge in [0.15, 0.2) is 0 Å². The van der Waals surface area contributed by atoms with Crippen LogP contribution in [-0.2, 0) is 9.59 Å². The lowest BCUT2D eigenvalue weighted by molar-refractivity contribution is -0.117. The van der Waals surface area contributed by atoms with Gasteiger partial charge >= 0.3 is 0 Å². The van der Waals surface area contributed by atoms with Crippen LogP contribution in [0.4, 0.5) is 11.6 Å². The number of amides is 2. The second kappa shape index (κ2) is 5.92. The third-order valence-electron chi connectivity index (χ3n) is 2.97. The van der Waals surface area contributed by atoms with Crippen molar-refractivity contribution in [2.45, 2.75) is 11.3 Å². The molecule has 3 rings (SSSR count). The van der Waals surface area contributed by atoms with Crippen LogP contribution in [0.1, 0.15) is 6.42 Å². The molecule has 2 amide bonds. The maximum absolute atomic E-state index is 12.0. The Hall–Kier alpha value is -2.42. The van der Waals surface area contributed by atoms with Crippen LogP contribution in [0.5, 0.6) is 0 Å². The Kier molecular flexibility index (Phi) is 3.82. The molecule has 0 fully saturated rings. The lowest BCUT2D eigenvalue weighted by Gasteiger charge is -2.28. The maximum Gasteiger partial charge on any atom is 0.269 e. The summed E-state index contributed by atoms with van der Waals surface area (Å²) in [6.45, 7) is 0.320. The summed E-state index contributed by atoms with van der Waals surface area (Å²) in [5.74, 6) is 0.260. The van der Waals surface area contributed by atoms with E-state index < -0.39 is 0 Å². The second-order valence-electron chi connectivity index (χ2n) is 4.34. The van der Waals surface area contributed by atoms with E-state index in [-0.39, 0.29) is 24.2 Å². The SMILES string of the molecule is O=C(CCN1C(=O)CSc2ccccc21)Nc1nn[nH]n1. The van der Waals surface area contributed by atoms with E-state index in [4.69, 9.17) is 0 Å². The molecule has 1 aliphatic heterocycles. The van der Waals surface area contributed by atoms with E-state index in [2.05, 4.69) is 25.9 Å². The van der Waals surface area contributed by atoms with E-state index >= 15 is 0 Å². The molecule has 2 N–H and O–H groups in total. The first-order valence-corrected chi connectivity index (χ1v) is 7.28. The van der Waals surface area contributed by atoms with Crippen LogP contribution in [0.25, 0.3) is 0 Å². The average molecular weight is 304 g/mol. The topological polar surface area (TPSA) is 104 Å². The van der Waals surface area contributed by atoms with Crippen molar-refractivity contribution in [3.05, 3.63) is 24.3 Å². The predicted molar refractivity (Wildman–Crippen MR) is 76.9 cm³/mol. The summed E-state index contributed by atoms with van der Waals surface area (Å²) in [4.78, 5) is 26.5. The van der Waals surface area contributed by atoms with Crippen molar-refractivity contribution >= 4 is 35.2 Å². The molecule has 21 heavy (non-hydrogen) atoms. The van der Waals surface area contributed by atoms with Crippen LogP contribution < -0.4 is 10.2 Å². The third kappa shape index (κ3) is 3.02. The summed E-state index contributed by atoms with van der Waals surface area (Å²) in [6.07, 6.45) is 0.166. The van der Waals surface area contributed by atoms with Crippen molar-refractivity contribution in [3.63, 3.8) is 0 Å². The minimum atomic E-state index is -0.264. The van der Waals surface area contributed by atoms with Gasteiger partial charge in [-0.1, -0.05) is 17.2 Å². The van der Waals surface area contributed by atoms with Crippen molar-refractivity contribution in [1.82, 2.24) is 20.6 Å². The van der Waals surface area contributed by atoms with Gasteiger partial charge in [0.1, 0.15) is 0 Å². The number of nitrogens with zero attached hydrogens (tertiary/aromatic N) is 4. The van der Waals surface area contributed by atoms with E-state index in [1.807, 2.05) is 24.3 Å². The number of fused-ring (bicyclic) bond motifs is 1. The predicted octanol–water partition coefficient (Wildman–Crippen LogP) is 0.667. The number of rotatable bonds is 4. The summed E-state index contributed by atoms with van der Waals surface area (Å²) in [5.41, 5.74) is 0.853. The zero-order valence-electron chi connectivity index (χ0n) is 10.9. The fourth-order valence-corrected chi connectivity index (χ4v) is 2.95. The zero-order valence-corrected chi connectivity index (χ0v) is 11.8. The van der Waals surface area contributed by atoms with E-state index in [0.717, 1.165) is 10.6 Å². The monoisotopic (exact) mass is 304 g/mol. The first-order valence-electron chi connectivity index (χ1n) is 6.29. The molecular formula is C12H12N6O2S. The molecule has 2 heterocycles. The molecule has 0 unspecified atom stereocenters. The molecule has 1 aromatic heterocycles. The van der Waals surface area contributed by atoms with Crippen LogP contribution in [0.2, 0.25) is 0 Å². The van der Waals surface area contributed by atoms with Crippen LogP contribution in [0.3, 0.4) is 0 Å². The molecule has 0 spiro atoms. The molecule has 8 nitrogen and oxygen atoms in total. The number of para-hydroxylation sites is 1.